The van der Waals surface area contributed by atoms with Gasteiger partial charge < -0.3 is 10.6 Å². The summed E-state index contributed by atoms with van der Waals surface area (Å²) in [5.41, 5.74) is 2.24. The van der Waals surface area contributed by atoms with Crippen molar-refractivity contribution < 1.29 is 13.6 Å². The predicted molar refractivity (Wildman–Crippen MR) is 96.3 cm³/mol. The second-order valence-electron chi connectivity index (χ2n) is 5.76. The van der Waals surface area contributed by atoms with E-state index in [1.54, 1.807) is 0 Å². The van der Waals surface area contributed by atoms with Gasteiger partial charge in [-0.15, -0.1) is 0 Å². The van der Waals surface area contributed by atoms with Gasteiger partial charge in [-0.3, -0.25) is 4.79 Å². The fourth-order valence-corrected chi connectivity index (χ4v) is 3.35. The second-order valence-corrected chi connectivity index (χ2v) is 6.65. The molecule has 0 radical (unpaired) electrons. The molecule has 1 heterocycles. The van der Waals surface area contributed by atoms with Gasteiger partial charge in [0.1, 0.15) is 17.5 Å². The Bertz CT molecular complexity index is 807. The van der Waals surface area contributed by atoms with Crippen LogP contribution in [0.4, 0.5) is 8.78 Å². The van der Waals surface area contributed by atoms with Crippen LogP contribution in [0.1, 0.15) is 23.7 Å². The lowest BCUT2D eigenvalue weighted by Crippen LogP contribution is -2.35. The van der Waals surface area contributed by atoms with Crippen LogP contribution in [0.2, 0.25) is 0 Å². The molecular formula is C18H17F2N3OS. The quantitative estimate of drug-likeness (QED) is 0.637. The highest BCUT2D eigenvalue weighted by Crippen LogP contribution is 2.33. The van der Waals surface area contributed by atoms with Crippen molar-refractivity contribution in [3.8, 4) is 0 Å². The highest BCUT2D eigenvalue weighted by atomic mass is 32.2. The third-order valence-corrected chi connectivity index (χ3v) is 4.46. The lowest BCUT2D eigenvalue weighted by molar-refractivity contribution is 0.0953. The molecule has 0 fully saturated rings. The van der Waals surface area contributed by atoms with E-state index in [1.807, 2.05) is 19.1 Å². The SMILES string of the molecule is CC1=CC=C2CC(=C1)SN=C2NCCNC(=O)c1cc(F)cc(F)c1. The van der Waals surface area contributed by atoms with Crippen molar-refractivity contribution in [2.45, 2.75) is 13.3 Å². The lowest BCUT2D eigenvalue weighted by Gasteiger charge is -2.18. The Balaban J connectivity index is 1.52. The minimum Gasteiger partial charge on any atom is -0.368 e. The van der Waals surface area contributed by atoms with Gasteiger partial charge in [0.15, 0.2) is 0 Å². The summed E-state index contributed by atoms with van der Waals surface area (Å²) < 4.78 is 30.7. The van der Waals surface area contributed by atoms with E-state index in [1.165, 1.54) is 22.4 Å². The number of hydrogen-bond donors (Lipinski definition) is 2. The third kappa shape index (κ3) is 4.57. The Morgan fingerprint density at radius 1 is 1.20 bits per heavy atom. The first kappa shape index (κ1) is 17.4. The summed E-state index contributed by atoms with van der Waals surface area (Å²) >= 11 is 1.44. The third-order valence-electron chi connectivity index (χ3n) is 3.69. The largest absolute Gasteiger partial charge is 0.368 e. The van der Waals surface area contributed by atoms with E-state index in [9.17, 15) is 13.6 Å². The maximum Gasteiger partial charge on any atom is 0.251 e. The molecule has 1 aromatic rings. The number of rotatable bonds is 4. The molecule has 1 aromatic carbocycles. The van der Waals surface area contributed by atoms with Crippen molar-refractivity contribution >= 4 is 23.7 Å². The molecule has 4 nitrogen and oxygen atoms in total. The lowest BCUT2D eigenvalue weighted by atomic mass is 10.1. The summed E-state index contributed by atoms with van der Waals surface area (Å²) in [6.45, 7) is 2.82. The summed E-state index contributed by atoms with van der Waals surface area (Å²) in [7, 11) is 0. The van der Waals surface area contributed by atoms with Crippen LogP contribution in [0.25, 0.3) is 0 Å². The van der Waals surface area contributed by atoms with Crippen LogP contribution < -0.4 is 10.6 Å². The zero-order chi connectivity index (χ0) is 17.8. The predicted octanol–water partition coefficient (Wildman–Crippen LogP) is 3.50. The summed E-state index contributed by atoms with van der Waals surface area (Å²) in [4.78, 5) is 13.1. The number of nitrogens with zero attached hydrogens (tertiary/aromatic N) is 1. The summed E-state index contributed by atoms with van der Waals surface area (Å²) in [6, 6.07) is 2.75. The maximum absolute atomic E-state index is 13.1. The first-order valence-corrected chi connectivity index (χ1v) is 8.60. The van der Waals surface area contributed by atoms with Crippen LogP contribution in [0.15, 0.2) is 56.9 Å². The van der Waals surface area contributed by atoms with Gasteiger partial charge in [-0.25, -0.2) is 8.78 Å². The van der Waals surface area contributed by atoms with Crippen LogP contribution in [-0.2, 0) is 0 Å². The molecule has 0 saturated heterocycles. The van der Waals surface area contributed by atoms with E-state index in [-0.39, 0.29) is 5.56 Å². The number of halogens is 2. The van der Waals surface area contributed by atoms with E-state index in [0.717, 1.165) is 36.0 Å². The van der Waals surface area contributed by atoms with Crippen LogP contribution in [-0.4, -0.2) is 24.8 Å². The van der Waals surface area contributed by atoms with Gasteiger partial charge in [-0.2, -0.15) is 4.40 Å². The number of nitrogens with one attached hydrogen (secondary N) is 2. The highest BCUT2D eigenvalue weighted by molar-refractivity contribution is 8.02. The molecule has 2 bridgehead atoms. The van der Waals surface area contributed by atoms with Crippen molar-refractivity contribution in [2.75, 3.05) is 13.1 Å². The number of carbonyl (C=O) groups excluding carboxylic acids is 1. The van der Waals surface area contributed by atoms with Gasteiger partial charge in [0.05, 0.1) is 0 Å². The maximum atomic E-state index is 13.1. The summed E-state index contributed by atoms with van der Waals surface area (Å²) in [5.74, 6) is -1.27. The number of fused-ring (bicyclic) bond motifs is 2. The van der Waals surface area contributed by atoms with Crippen LogP contribution in [0, 0.1) is 11.6 Å². The molecule has 25 heavy (non-hydrogen) atoms. The standard InChI is InChI=1S/C18H17F2N3OS/c1-11-2-3-12-9-16(6-11)25-23-17(12)21-4-5-22-18(24)13-7-14(19)10-15(20)8-13/h2-3,6-8,10H,4-5,9H2,1H3,(H,21,23)(H,22,24). The average Bonchev–Trinajstić information content (AvgIpc) is 2.71. The monoisotopic (exact) mass is 361 g/mol. The Labute approximate surface area is 148 Å². The minimum absolute atomic E-state index is 0.0371. The number of allylic oxidation sites excluding steroid dienone is 5. The number of amidine groups is 1. The fraction of sp³-hybridized carbons (Fsp3) is 0.222. The van der Waals surface area contributed by atoms with Gasteiger partial charge in [-0.05, 0) is 25.1 Å². The molecule has 0 unspecified atom stereocenters. The van der Waals surface area contributed by atoms with Gasteiger partial charge in [0.25, 0.3) is 5.91 Å². The number of carbonyl (C=O) groups is 1. The molecule has 2 N–H and O–H groups in total. The van der Waals surface area contributed by atoms with E-state index in [2.05, 4.69) is 21.1 Å². The van der Waals surface area contributed by atoms with Crippen molar-refractivity contribution in [1.82, 2.24) is 10.6 Å². The van der Waals surface area contributed by atoms with Crippen LogP contribution in [0.5, 0.6) is 0 Å². The zero-order valence-corrected chi connectivity index (χ0v) is 14.4. The molecule has 7 heteroatoms. The van der Waals surface area contributed by atoms with Gasteiger partial charge in [-0.1, -0.05) is 17.7 Å². The molecule has 1 aliphatic carbocycles. The van der Waals surface area contributed by atoms with Gasteiger partial charge >= 0.3 is 0 Å². The molecule has 2 aliphatic rings. The second kappa shape index (κ2) is 7.65. The average molecular weight is 361 g/mol. The Morgan fingerprint density at radius 2 is 1.96 bits per heavy atom. The highest BCUT2D eigenvalue weighted by Gasteiger charge is 2.17. The first-order chi connectivity index (χ1) is 12.0. The Morgan fingerprint density at radius 3 is 2.72 bits per heavy atom. The normalized spacial score (nSPS) is 16.1. The van der Waals surface area contributed by atoms with Crippen LogP contribution in [0.3, 0.4) is 0 Å². The first-order valence-electron chi connectivity index (χ1n) is 7.83. The molecule has 130 valence electrons. The van der Waals surface area contributed by atoms with E-state index < -0.39 is 17.5 Å². The fourth-order valence-electron chi connectivity index (χ4n) is 2.51. The minimum atomic E-state index is -0.774. The Kier molecular flexibility index (Phi) is 5.33. The molecule has 3 rings (SSSR count). The van der Waals surface area contributed by atoms with Crippen molar-refractivity contribution in [3.05, 3.63) is 69.7 Å². The molecule has 0 aromatic heterocycles. The van der Waals surface area contributed by atoms with E-state index >= 15 is 0 Å². The molecule has 1 amide bonds. The van der Waals surface area contributed by atoms with Crippen molar-refractivity contribution in [2.24, 2.45) is 4.40 Å². The van der Waals surface area contributed by atoms with Gasteiger partial charge in [0, 0.05) is 53.6 Å². The smallest absolute Gasteiger partial charge is 0.251 e. The Hall–Kier alpha value is -2.41. The molecule has 0 saturated carbocycles. The van der Waals surface area contributed by atoms with Gasteiger partial charge in [0.2, 0.25) is 0 Å². The summed E-state index contributed by atoms with van der Waals surface area (Å²) in [6.07, 6.45) is 7.04. The molecule has 0 spiro atoms. The number of hydrogen-bond acceptors (Lipinski definition) is 4. The van der Waals surface area contributed by atoms with Crippen molar-refractivity contribution in [1.29, 1.82) is 0 Å². The topological polar surface area (TPSA) is 53.5 Å². The van der Waals surface area contributed by atoms with Crippen molar-refractivity contribution in [3.63, 3.8) is 0 Å². The number of benzene rings is 1. The van der Waals surface area contributed by atoms with E-state index in [0.29, 0.717) is 13.1 Å². The summed E-state index contributed by atoms with van der Waals surface area (Å²) in [5, 5.41) is 5.82. The number of amides is 1. The molecule has 0 atom stereocenters. The molecule has 1 aliphatic heterocycles. The zero-order valence-electron chi connectivity index (χ0n) is 13.6. The van der Waals surface area contributed by atoms with Crippen LogP contribution >= 0.6 is 11.9 Å². The molecular weight excluding hydrogens is 344 g/mol. The van der Waals surface area contributed by atoms with E-state index in [4.69, 9.17) is 0 Å².